The maximum absolute atomic E-state index is 11.0. The van der Waals surface area contributed by atoms with Crippen molar-refractivity contribution in [3.63, 3.8) is 0 Å². The fourth-order valence-corrected chi connectivity index (χ4v) is 2.25. The van der Waals surface area contributed by atoms with Gasteiger partial charge in [-0.3, -0.25) is 4.68 Å². The number of aromatic nitrogens is 2. The van der Waals surface area contributed by atoms with Gasteiger partial charge in [0.2, 0.25) is 0 Å². The lowest BCUT2D eigenvalue weighted by Gasteiger charge is -2.12. The lowest BCUT2D eigenvalue weighted by Crippen LogP contribution is -2.00. The van der Waals surface area contributed by atoms with E-state index in [1.807, 2.05) is 26.0 Å². The molecule has 0 radical (unpaired) electrons. The Kier molecular flexibility index (Phi) is 3.29. The first-order valence-electron chi connectivity index (χ1n) is 5.87. The first-order chi connectivity index (χ1) is 8.93. The van der Waals surface area contributed by atoms with Gasteiger partial charge in [-0.15, -0.1) is 0 Å². The normalized spacial score (nSPS) is 10.5. The van der Waals surface area contributed by atoms with Crippen LogP contribution in [0.15, 0.2) is 18.2 Å². The number of hydrogen-bond acceptors (Lipinski definition) is 3. The van der Waals surface area contributed by atoms with E-state index in [4.69, 9.17) is 9.84 Å². The Labute approximate surface area is 111 Å². The third-order valence-corrected chi connectivity index (χ3v) is 3.10. The third-order valence-electron chi connectivity index (χ3n) is 3.10. The molecular formula is C14H16N2O3. The summed E-state index contributed by atoms with van der Waals surface area (Å²) in [5, 5.41) is 13.0. The van der Waals surface area contributed by atoms with Crippen molar-refractivity contribution >= 4 is 5.97 Å². The minimum atomic E-state index is -1.02. The zero-order valence-corrected chi connectivity index (χ0v) is 11.4. The van der Waals surface area contributed by atoms with Crippen LogP contribution in [-0.4, -0.2) is 28.0 Å². The summed E-state index contributed by atoms with van der Waals surface area (Å²) in [6, 6.07) is 5.44. The van der Waals surface area contributed by atoms with E-state index in [-0.39, 0.29) is 5.69 Å². The van der Waals surface area contributed by atoms with Gasteiger partial charge < -0.3 is 9.84 Å². The summed E-state index contributed by atoms with van der Waals surface area (Å²) < 4.78 is 6.81. The quantitative estimate of drug-likeness (QED) is 0.920. The lowest BCUT2D eigenvalue weighted by molar-refractivity contribution is 0.0689. The molecule has 100 valence electrons. The van der Waals surface area contributed by atoms with Crippen molar-refractivity contribution in [1.29, 1.82) is 0 Å². The molecule has 0 spiro atoms. The molecule has 0 aliphatic heterocycles. The van der Waals surface area contributed by atoms with E-state index in [0.717, 1.165) is 28.1 Å². The van der Waals surface area contributed by atoms with E-state index in [9.17, 15) is 4.79 Å². The van der Waals surface area contributed by atoms with Crippen molar-refractivity contribution in [3.05, 3.63) is 35.0 Å². The van der Waals surface area contributed by atoms with Gasteiger partial charge in [0.1, 0.15) is 5.75 Å². The van der Waals surface area contributed by atoms with Crippen LogP contribution in [0.2, 0.25) is 0 Å². The second kappa shape index (κ2) is 4.76. The van der Waals surface area contributed by atoms with E-state index in [1.165, 1.54) is 0 Å². The Morgan fingerprint density at radius 3 is 2.26 bits per heavy atom. The molecule has 19 heavy (non-hydrogen) atoms. The molecule has 1 aromatic heterocycles. The van der Waals surface area contributed by atoms with Gasteiger partial charge in [-0.2, -0.15) is 5.10 Å². The van der Waals surface area contributed by atoms with Crippen LogP contribution in [0, 0.1) is 13.8 Å². The van der Waals surface area contributed by atoms with Gasteiger partial charge in [0.25, 0.3) is 0 Å². The number of rotatable bonds is 3. The average molecular weight is 260 g/mol. The number of nitrogens with zero attached hydrogens (tertiary/aromatic N) is 2. The van der Waals surface area contributed by atoms with Crippen molar-refractivity contribution < 1.29 is 14.6 Å². The van der Waals surface area contributed by atoms with Crippen LogP contribution in [0.3, 0.4) is 0 Å². The van der Waals surface area contributed by atoms with Crippen LogP contribution in [0.5, 0.6) is 5.75 Å². The number of ether oxygens (including phenoxy) is 1. The molecule has 0 bridgehead atoms. The minimum absolute atomic E-state index is 0.0483. The Bertz CT molecular complexity index is 621. The zero-order chi connectivity index (χ0) is 14.2. The van der Waals surface area contributed by atoms with Crippen molar-refractivity contribution in [2.24, 2.45) is 7.05 Å². The lowest BCUT2D eigenvalue weighted by atomic mass is 9.99. The van der Waals surface area contributed by atoms with Gasteiger partial charge in [-0.05, 0) is 43.2 Å². The molecule has 0 saturated heterocycles. The zero-order valence-electron chi connectivity index (χ0n) is 11.4. The van der Waals surface area contributed by atoms with Gasteiger partial charge in [0.15, 0.2) is 5.69 Å². The molecule has 0 aliphatic rings. The van der Waals surface area contributed by atoms with Gasteiger partial charge in [0, 0.05) is 12.6 Å². The highest BCUT2D eigenvalue weighted by Crippen LogP contribution is 2.31. The monoisotopic (exact) mass is 260 g/mol. The number of carbonyl (C=O) groups is 1. The van der Waals surface area contributed by atoms with E-state index >= 15 is 0 Å². The fourth-order valence-electron chi connectivity index (χ4n) is 2.25. The van der Waals surface area contributed by atoms with E-state index < -0.39 is 5.97 Å². The molecule has 2 aromatic rings. The van der Waals surface area contributed by atoms with Crippen LogP contribution in [0.1, 0.15) is 21.6 Å². The summed E-state index contributed by atoms with van der Waals surface area (Å²) in [5.41, 5.74) is 3.87. The molecule has 0 amide bonds. The summed E-state index contributed by atoms with van der Waals surface area (Å²) in [5.74, 6) is -0.231. The first-order valence-corrected chi connectivity index (χ1v) is 5.87. The summed E-state index contributed by atoms with van der Waals surface area (Å²) in [4.78, 5) is 11.0. The maximum Gasteiger partial charge on any atom is 0.356 e. The molecule has 1 aromatic carbocycles. The molecule has 1 N–H and O–H groups in total. The maximum atomic E-state index is 11.0. The van der Waals surface area contributed by atoms with Crippen molar-refractivity contribution in [1.82, 2.24) is 9.78 Å². The van der Waals surface area contributed by atoms with E-state index in [2.05, 4.69) is 5.10 Å². The molecule has 0 aliphatic carbocycles. The number of methoxy groups -OCH3 is 1. The number of aryl methyl sites for hydroxylation is 3. The van der Waals surface area contributed by atoms with Crippen LogP contribution in [0.4, 0.5) is 0 Å². The Morgan fingerprint density at radius 2 is 1.84 bits per heavy atom. The summed E-state index contributed by atoms with van der Waals surface area (Å²) in [6.07, 6.45) is 0. The number of carboxylic acids is 1. The molecule has 5 heteroatoms. The average Bonchev–Trinajstić information content (AvgIpc) is 2.71. The minimum Gasteiger partial charge on any atom is -0.497 e. The molecule has 0 unspecified atom stereocenters. The van der Waals surface area contributed by atoms with E-state index in [1.54, 1.807) is 24.9 Å². The Morgan fingerprint density at radius 1 is 1.26 bits per heavy atom. The van der Waals surface area contributed by atoms with Crippen LogP contribution in [-0.2, 0) is 7.05 Å². The standard InChI is InChI=1S/C14H16N2O3/c1-8-5-10(19-4)6-9(2)13(8)12-7-11(14(17)18)15-16(12)3/h5-7H,1-4H3,(H,17,18). The molecule has 0 saturated carbocycles. The Hall–Kier alpha value is -2.30. The van der Waals surface area contributed by atoms with Crippen molar-refractivity contribution in [3.8, 4) is 17.0 Å². The topological polar surface area (TPSA) is 64.3 Å². The smallest absolute Gasteiger partial charge is 0.356 e. The SMILES string of the molecule is COc1cc(C)c(-c2cc(C(=O)O)nn2C)c(C)c1. The van der Waals surface area contributed by atoms with Crippen molar-refractivity contribution in [2.75, 3.05) is 7.11 Å². The molecule has 0 fully saturated rings. The summed E-state index contributed by atoms with van der Waals surface area (Å²) in [7, 11) is 3.37. The first kappa shape index (κ1) is 13.1. The molecular weight excluding hydrogens is 244 g/mol. The predicted molar refractivity (Wildman–Crippen MR) is 71.6 cm³/mol. The molecule has 5 nitrogen and oxygen atoms in total. The van der Waals surface area contributed by atoms with Gasteiger partial charge in [0.05, 0.1) is 12.8 Å². The third kappa shape index (κ3) is 2.31. The number of hydrogen-bond donors (Lipinski definition) is 1. The number of benzene rings is 1. The highest BCUT2D eigenvalue weighted by atomic mass is 16.5. The summed E-state index contributed by atoms with van der Waals surface area (Å²) in [6.45, 7) is 3.94. The van der Waals surface area contributed by atoms with Gasteiger partial charge in [-0.1, -0.05) is 0 Å². The number of aromatic carboxylic acids is 1. The predicted octanol–water partition coefficient (Wildman–Crippen LogP) is 2.41. The second-order valence-electron chi connectivity index (χ2n) is 4.48. The molecule has 0 atom stereocenters. The Balaban J connectivity index is 2.62. The van der Waals surface area contributed by atoms with E-state index in [0.29, 0.717) is 0 Å². The van der Waals surface area contributed by atoms with Crippen LogP contribution < -0.4 is 4.74 Å². The number of carboxylic acid groups (broad SMARTS) is 1. The second-order valence-corrected chi connectivity index (χ2v) is 4.48. The largest absolute Gasteiger partial charge is 0.497 e. The molecule has 2 rings (SSSR count). The van der Waals surface area contributed by atoms with Gasteiger partial charge >= 0.3 is 5.97 Å². The van der Waals surface area contributed by atoms with Crippen molar-refractivity contribution in [2.45, 2.75) is 13.8 Å². The summed E-state index contributed by atoms with van der Waals surface area (Å²) >= 11 is 0. The highest BCUT2D eigenvalue weighted by molar-refractivity contribution is 5.87. The van der Waals surface area contributed by atoms with Crippen LogP contribution >= 0.6 is 0 Å². The molecule has 1 heterocycles. The highest BCUT2D eigenvalue weighted by Gasteiger charge is 2.16. The van der Waals surface area contributed by atoms with Gasteiger partial charge in [-0.25, -0.2) is 4.79 Å². The fraction of sp³-hybridized carbons (Fsp3) is 0.286. The van der Waals surface area contributed by atoms with Crippen LogP contribution in [0.25, 0.3) is 11.3 Å².